The van der Waals surface area contributed by atoms with Gasteiger partial charge in [0.15, 0.2) is 0 Å². The Balaban J connectivity index is 2.06. The van der Waals surface area contributed by atoms with Crippen LogP contribution in [0.25, 0.3) is 0 Å². The molecule has 2 aromatic carbocycles. The quantitative estimate of drug-likeness (QED) is 0.254. The van der Waals surface area contributed by atoms with E-state index in [1.165, 1.54) is 18.2 Å². The monoisotopic (exact) mass is 641 g/mol. The van der Waals surface area contributed by atoms with Crippen molar-refractivity contribution >= 4 is 27.9 Å². The number of nitrogens with one attached hydrogen (secondary N) is 1. The first-order valence-electron chi connectivity index (χ1n) is 14.7. The van der Waals surface area contributed by atoms with Crippen molar-refractivity contribution in [2.24, 2.45) is 0 Å². The van der Waals surface area contributed by atoms with Crippen LogP contribution in [-0.2, 0) is 36.1 Å². The number of amides is 1. The number of carbonyl (C=O) groups excluding carboxylic acids is 2. The number of pyridine rings is 1. The molecule has 0 bridgehead atoms. The van der Waals surface area contributed by atoms with Gasteiger partial charge in [-0.25, -0.2) is 27.3 Å². The summed E-state index contributed by atoms with van der Waals surface area (Å²) in [6.07, 6.45) is -0.612. The standard InChI is InChI=1S/C34H44FN3O6S/c1-32(2,3)24-15-13-23(14-16-24)21-28(37-45(41,42)26-19-17-25(35)18-20-26)27-11-10-12-29(36-27)38(31(40)44-34(7,8)9)22-30(39)43-33(4,5)6/h10-20,28,37H,21-22H2,1-9H3. The predicted octanol–water partition coefficient (Wildman–Crippen LogP) is 6.86. The highest BCUT2D eigenvalue weighted by molar-refractivity contribution is 7.89. The molecule has 11 heteroatoms. The molecule has 0 aliphatic rings. The van der Waals surface area contributed by atoms with Gasteiger partial charge in [0.1, 0.15) is 29.4 Å². The minimum absolute atomic E-state index is 0.0710. The lowest BCUT2D eigenvalue weighted by Gasteiger charge is -2.28. The molecule has 1 unspecified atom stereocenters. The van der Waals surface area contributed by atoms with Crippen LogP contribution in [-0.4, -0.2) is 43.2 Å². The van der Waals surface area contributed by atoms with Gasteiger partial charge in [0.2, 0.25) is 10.0 Å². The number of sulfonamides is 1. The highest BCUT2D eigenvalue weighted by Gasteiger charge is 2.30. The third-order valence-corrected chi connectivity index (χ3v) is 7.88. The van der Waals surface area contributed by atoms with Crippen LogP contribution in [0.3, 0.4) is 0 Å². The summed E-state index contributed by atoms with van der Waals surface area (Å²) in [5.41, 5.74) is 0.503. The van der Waals surface area contributed by atoms with Crippen molar-refractivity contribution in [3.63, 3.8) is 0 Å². The van der Waals surface area contributed by atoms with Crippen LogP contribution in [0.2, 0.25) is 0 Å². The zero-order valence-corrected chi connectivity index (χ0v) is 28.3. The smallest absolute Gasteiger partial charge is 0.416 e. The van der Waals surface area contributed by atoms with Crippen LogP contribution in [0, 0.1) is 5.82 Å². The SMILES string of the molecule is CC(C)(C)OC(=O)CN(C(=O)OC(C)(C)C)c1cccc(C(Cc2ccc(C(C)(C)C)cc2)NS(=O)(=O)c2ccc(F)cc2)n1. The topological polar surface area (TPSA) is 115 Å². The zero-order chi connectivity index (χ0) is 33.8. The Morgan fingerprint density at radius 2 is 1.42 bits per heavy atom. The van der Waals surface area contributed by atoms with Crippen molar-refractivity contribution in [3.05, 3.63) is 89.4 Å². The number of carbonyl (C=O) groups is 2. The molecule has 0 aliphatic heterocycles. The summed E-state index contributed by atoms with van der Waals surface area (Å²) in [5.74, 6) is -1.17. The highest BCUT2D eigenvalue weighted by atomic mass is 32.2. The summed E-state index contributed by atoms with van der Waals surface area (Å²) in [6.45, 7) is 16.1. The number of hydrogen-bond acceptors (Lipinski definition) is 7. The molecule has 0 spiro atoms. The van der Waals surface area contributed by atoms with Gasteiger partial charge in [-0.05, 0) is 101 Å². The molecule has 1 heterocycles. The maximum atomic E-state index is 13.6. The Morgan fingerprint density at radius 3 is 1.96 bits per heavy atom. The van der Waals surface area contributed by atoms with E-state index < -0.39 is 51.7 Å². The van der Waals surface area contributed by atoms with E-state index in [4.69, 9.17) is 9.47 Å². The van der Waals surface area contributed by atoms with Gasteiger partial charge in [-0.2, -0.15) is 0 Å². The van der Waals surface area contributed by atoms with Crippen molar-refractivity contribution in [3.8, 4) is 0 Å². The highest BCUT2D eigenvalue weighted by Crippen LogP contribution is 2.27. The number of hydrogen-bond donors (Lipinski definition) is 1. The Morgan fingerprint density at radius 1 is 0.844 bits per heavy atom. The van der Waals surface area contributed by atoms with Crippen molar-refractivity contribution in [1.82, 2.24) is 9.71 Å². The van der Waals surface area contributed by atoms with E-state index in [2.05, 4.69) is 30.5 Å². The minimum atomic E-state index is -4.12. The van der Waals surface area contributed by atoms with E-state index in [1.807, 2.05) is 24.3 Å². The van der Waals surface area contributed by atoms with Gasteiger partial charge >= 0.3 is 12.1 Å². The van der Waals surface area contributed by atoms with Crippen molar-refractivity contribution in [2.45, 2.75) is 96.3 Å². The molecule has 3 rings (SSSR count). The van der Waals surface area contributed by atoms with Gasteiger partial charge in [-0.15, -0.1) is 0 Å². The van der Waals surface area contributed by atoms with Gasteiger partial charge < -0.3 is 9.47 Å². The Bertz CT molecular complexity index is 1590. The van der Waals surface area contributed by atoms with Crippen molar-refractivity contribution in [2.75, 3.05) is 11.4 Å². The van der Waals surface area contributed by atoms with E-state index in [0.29, 0.717) is 0 Å². The molecule has 1 aromatic heterocycles. The average molecular weight is 642 g/mol. The summed E-state index contributed by atoms with van der Waals surface area (Å²) < 4.78 is 54.2. The number of nitrogens with zero attached hydrogens (tertiary/aromatic N) is 2. The summed E-state index contributed by atoms with van der Waals surface area (Å²) in [4.78, 5) is 31.7. The fraction of sp³-hybridized carbons (Fsp3) is 0.441. The van der Waals surface area contributed by atoms with Gasteiger partial charge in [-0.1, -0.05) is 51.1 Å². The molecular formula is C34H44FN3O6S. The molecule has 0 fully saturated rings. The number of anilines is 1. The van der Waals surface area contributed by atoms with Crippen LogP contribution in [0.4, 0.5) is 15.0 Å². The van der Waals surface area contributed by atoms with Gasteiger partial charge in [0.05, 0.1) is 16.6 Å². The fourth-order valence-corrected chi connectivity index (χ4v) is 5.50. The molecule has 3 aromatic rings. The number of esters is 1. The molecule has 1 N–H and O–H groups in total. The maximum absolute atomic E-state index is 13.6. The lowest BCUT2D eigenvalue weighted by molar-refractivity contribution is -0.153. The third kappa shape index (κ3) is 10.9. The summed E-state index contributed by atoms with van der Waals surface area (Å²) >= 11 is 0. The second-order valence-corrected chi connectivity index (χ2v) is 15.6. The second-order valence-electron chi connectivity index (χ2n) is 13.9. The summed E-state index contributed by atoms with van der Waals surface area (Å²) in [6, 6.07) is 16.2. The van der Waals surface area contributed by atoms with Crippen LogP contribution in [0.1, 0.15) is 85.2 Å². The lowest BCUT2D eigenvalue weighted by Crippen LogP contribution is -2.42. The van der Waals surface area contributed by atoms with Gasteiger partial charge in [0, 0.05) is 0 Å². The number of halogens is 1. The molecule has 1 atom stereocenters. The molecule has 0 saturated heterocycles. The molecule has 244 valence electrons. The molecule has 0 radical (unpaired) electrons. The van der Waals surface area contributed by atoms with E-state index >= 15 is 0 Å². The number of benzene rings is 2. The first-order chi connectivity index (χ1) is 20.6. The van der Waals surface area contributed by atoms with Crippen molar-refractivity contribution in [1.29, 1.82) is 0 Å². The second kappa shape index (κ2) is 13.7. The van der Waals surface area contributed by atoms with E-state index in [9.17, 15) is 22.4 Å². The Labute approximate surface area is 266 Å². The normalized spacial score (nSPS) is 13.2. The maximum Gasteiger partial charge on any atom is 0.416 e. The van der Waals surface area contributed by atoms with Crippen LogP contribution < -0.4 is 9.62 Å². The summed E-state index contributed by atoms with van der Waals surface area (Å²) in [7, 11) is -4.12. The predicted molar refractivity (Wildman–Crippen MR) is 172 cm³/mol. The van der Waals surface area contributed by atoms with Crippen LogP contribution in [0.15, 0.2) is 71.6 Å². The average Bonchev–Trinajstić information content (AvgIpc) is 2.89. The van der Waals surface area contributed by atoms with E-state index in [1.54, 1.807) is 53.7 Å². The summed E-state index contributed by atoms with van der Waals surface area (Å²) in [5, 5.41) is 0. The van der Waals surface area contributed by atoms with E-state index in [-0.39, 0.29) is 28.2 Å². The molecular weight excluding hydrogens is 597 g/mol. The molecule has 45 heavy (non-hydrogen) atoms. The zero-order valence-electron chi connectivity index (χ0n) is 27.5. The number of aromatic nitrogens is 1. The fourth-order valence-electron chi connectivity index (χ4n) is 4.30. The van der Waals surface area contributed by atoms with Gasteiger partial charge in [-0.3, -0.25) is 9.69 Å². The van der Waals surface area contributed by atoms with E-state index in [0.717, 1.165) is 28.2 Å². The van der Waals surface area contributed by atoms with Crippen LogP contribution in [0.5, 0.6) is 0 Å². The molecule has 9 nitrogen and oxygen atoms in total. The number of rotatable bonds is 9. The molecule has 0 saturated carbocycles. The Hall–Kier alpha value is -3.83. The number of ether oxygens (including phenoxy) is 2. The van der Waals surface area contributed by atoms with Gasteiger partial charge in [0.25, 0.3) is 0 Å². The van der Waals surface area contributed by atoms with Crippen LogP contribution >= 0.6 is 0 Å². The first-order valence-corrected chi connectivity index (χ1v) is 16.2. The largest absolute Gasteiger partial charge is 0.459 e. The lowest BCUT2D eigenvalue weighted by atomic mass is 9.86. The van der Waals surface area contributed by atoms with Crippen molar-refractivity contribution < 1.29 is 31.9 Å². The third-order valence-electron chi connectivity index (χ3n) is 6.39. The molecule has 0 aliphatic carbocycles. The minimum Gasteiger partial charge on any atom is -0.459 e. The first kappa shape index (κ1) is 35.6. The molecule has 1 amide bonds. The Kier molecular flexibility index (Phi) is 10.8.